The fourth-order valence-electron chi connectivity index (χ4n) is 4.78. The third-order valence-corrected chi connectivity index (χ3v) is 8.91. The number of sulfonamides is 1. The van der Waals surface area contributed by atoms with E-state index in [1.807, 2.05) is 6.92 Å². The molecule has 14 heteroatoms. The van der Waals surface area contributed by atoms with Crippen LogP contribution in [0.5, 0.6) is 5.75 Å². The van der Waals surface area contributed by atoms with Crippen molar-refractivity contribution in [2.45, 2.75) is 44.0 Å². The van der Waals surface area contributed by atoms with Gasteiger partial charge in [0.25, 0.3) is 15.9 Å². The van der Waals surface area contributed by atoms with Crippen molar-refractivity contribution in [3.63, 3.8) is 0 Å². The van der Waals surface area contributed by atoms with E-state index >= 15 is 0 Å². The van der Waals surface area contributed by atoms with Crippen molar-refractivity contribution in [1.29, 1.82) is 0 Å². The molecular formula is C31H35F3N4O6S. The van der Waals surface area contributed by atoms with Gasteiger partial charge in [-0.2, -0.15) is 13.2 Å². The van der Waals surface area contributed by atoms with E-state index in [0.717, 1.165) is 29.8 Å². The van der Waals surface area contributed by atoms with Gasteiger partial charge >= 0.3 is 12.2 Å². The number of carbonyl (C=O) groups excluding carboxylic acids is 2. The lowest BCUT2D eigenvalue weighted by molar-refractivity contribution is -0.137. The number of carbonyl (C=O) groups is 2. The highest BCUT2D eigenvalue weighted by Gasteiger charge is 2.36. The predicted molar refractivity (Wildman–Crippen MR) is 163 cm³/mol. The molecule has 3 aromatic rings. The molecule has 0 aromatic heterocycles. The Morgan fingerprint density at radius 2 is 1.76 bits per heavy atom. The second-order valence-electron chi connectivity index (χ2n) is 11.1. The average Bonchev–Trinajstić information content (AvgIpc) is 2.98. The summed E-state index contributed by atoms with van der Waals surface area (Å²) < 4.78 is 74.3. The summed E-state index contributed by atoms with van der Waals surface area (Å²) in [6.45, 7) is 5.08. The van der Waals surface area contributed by atoms with Gasteiger partial charge in [-0.15, -0.1) is 0 Å². The molecule has 1 aliphatic rings. The van der Waals surface area contributed by atoms with Gasteiger partial charge in [-0.1, -0.05) is 30.7 Å². The number of halogens is 3. The normalized spacial score (nSPS) is 17.8. The zero-order valence-electron chi connectivity index (χ0n) is 25.1. The van der Waals surface area contributed by atoms with Crippen molar-refractivity contribution in [2.24, 2.45) is 5.92 Å². The fraction of sp³-hybridized carbons (Fsp3) is 0.355. The monoisotopic (exact) mass is 648 g/mol. The number of fused-ring (bicyclic) bond motifs is 1. The van der Waals surface area contributed by atoms with E-state index in [1.54, 1.807) is 26.0 Å². The molecule has 242 valence electrons. The SMILES string of the molecule is Cc1ccc(S(=O)(=O)Nc2cccc3c2O[C@@H](CN(C)C(=O)Nc2ccc(C(F)(F)F)cc2)[C@H](C)CN([C@@H](C)CO)C3=O)cc1. The summed E-state index contributed by atoms with van der Waals surface area (Å²) >= 11 is 0. The number of ether oxygens (including phenoxy) is 1. The first-order chi connectivity index (χ1) is 21.1. The molecule has 45 heavy (non-hydrogen) atoms. The molecule has 0 fully saturated rings. The molecule has 3 atom stereocenters. The van der Waals surface area contributed by atoms with Gasteiger partial charge in [0, 0.05) is 25.2 Å². The van der Waals surface area contributed by atoms with Crippen molar-refractivity contribution in [3.8, 4) is 5.75 Å². The first kappa shape index (κ1) is 33.6. The Morgan fingerprint density at radius 1 is 1.11 bits per heavy atom. The van der Waals surface area contributed by atoms with Gasteiger partial charge in [-0.05, 0) is 62.4 Å². The van der Waals surface area contributed by atoms with Crippen LogP contribution in [0.25, 0.3) is 0 Å². The third-order valence-electron chi connectivity index (χ3n) is 7.53. The number of amides is 3. The summed E-state index contributed by atoms with van der Waals surface area (Å²) in [6, 6.07) is 13.5. The highest BCUT2D eigenvalue weighted by Crippen LogP contribution is 2.36. The number of nitrogens with one attached hydrogen (secondary N) is 2. The smallest absolute Gasteiger partial charge is 0.416 e. The van der Waals surface area contributed by atoms with Crippen LogP contribution in [0.15, 0.2) is 71.6 Å². The number of benzene rings is 3. The number of alkyl halides is 3. The van der Waals surface area contributed by atoms with Gasteiger partial charge in [-0.25, -0.2) is 13.2 Å². The van der Waals surface area contributed by atoms with Crippen LogP contribution in [0.3, 0.4) is 0 Å². The Bertz CT molecular complexity index is 1630. The number of aliphatic hydroxyl groups is 1. The van der Waals surface area contributed by atoms with Crippen LogP contribution in [0.4, 0.5) is 29.3 Å². The predicted octanol–water partition coefficient (Wildman–Crippen LogP) is 5.20. The minimum atomic E-state index is -4.52. The van der Waals surface area contributed by atoms with E-state index in [-0.39, 0.29) is 47.3 Å². The molecule has 0 radical (unpaired) electrons. The quantitative estimate of drug-likeness (QED) is 0.308. The number of likely N-dealkylation sites (N-methyl/N-ethyl adjacent to an activating group) is 1. The standard InChI is InChI=1S/C31H35F3N4O6S/c1-19-8-14-24(15-9-19)45(42,43)36-26-7-5-6-25-28(26)44-27(20(2)16-38(29(25)40)21(3)18-39)17-37(4)30(41)35-23-12-10-22(11-13-23)31(32,33)34/h5-15,20-21,27,36,39H,16-18H2,1-4H3,(H,35,41)/t20-,21+,27+/m1/s1. The van der Waals surface area contributed by atoms with Gasteiger partial charge in [0.15, 0.2) is 5.75 Å². The number of hydrogen-bond acceptors (Lipinski definition) is 6. The number of aryl methyl sites for hydroxylation is 1. The van der Waals surface area contributed by atoms with Gasteiger partial charge in [0.05, 0.1) is 40.9 Å². The Hall–Kier alpha value is -4.30. The van der Waals surface area contributed by atoms with Crippen LogP contribution >= 0.6 is 0 Å². The van der Waals surface area contributed by atoms with E-state index in [9.17, 15) is 36.3 Å². The van der Waals surface area contributed by atoms with E-state index in [4.69, 9.17) is 4.74 Å². The molecule has 0 aliphatic carbocycles. The minimum absolute atomic E-state index is 0.00277. The number of para-hydroxylation sites is 1. The number of urea groups is 1. The molecule has 10 nitrogen and oxygen atoms in total. The van der Waals surface area contributed by atoms with Crippen LogP contribution in [-0.4, -0.2) is 74.2 Å². The van der Waals surface area contributed by atoms with Crippen molar-refractivity contribution in [1.82, 2.24) is 9.80 Å². The van der Waals surface area contributed by atoms with Crippen molar-refractivity contribution < 1.29 is 41.0 Å². The maximum absolute atomic E-state index is 13.7. The number of nitrogens with zero attached hydrogens (tertiary/aromatic N) is 2. The molecule has 3 N–H and O–H groups in total. The Kier molecular flexibility index (Phi) is 9.98. The van der Waals surface area contributed by atoms with Crippen molar-refractivity contribution >= 4 is 33.3 Å². The summed E-state index contributed by atoms with van der Waals surface area (Å²) in [7, 11) is -2.62. The highest BCUT2D eigenvalue weighted by molar-refractivity contribution is 7.92. The number of anilines is 2. The molecule has 0 spiro atoms. The van der Waals surface area contributed by atoms with E-state index in [1.165, 1.54) is 47.2 Å². The summed E-state index contributed by atoms with van der Waals surface area (Å²) in [4.78, 5) is 29.5. The molecule has 3 aromatic carbocycles. The lowest BCUT2D eigenvalue weighted by Crippen LogP contribution is -2.50. The Labute approximate surface area is 259 Å². The molecular weight excluding hydrogens is 613 g/mol. The molecule has 0 saturated heterocycles. The third kappa shape index (κ3) is 7.87. The lowest BCUT2D eigenvalue weighted by Gasteiger charge is -2.38. The van der Waals surface area contributed by atoms with E-state index in [0.29, 0.717) is 0 Å². The van der Waals surface area contributed by atoms with Crippen molar-refractivity contribution in [3.05, 3.63) is 83.4 Å². The van der Waals surface area contributed by atoms with Gasteiger partial charge in [-0.3, -0.25) is 9.52 Å². The van der Waals surface area contributed by atoms with Crippen LogP contribution in [0.2, 0.25) is 0 Å². The molecule has 0 unspecified atom stereocenters. The van der Waals surface area contributed by atoms with Gasteiger partial charge < -0.3 is 25.0 Å². The number of rotatable bonds is 8. The lowest BCUT2D eigenvalue weighted by atomic mass is 9.99. The Morgan fingerprint density at radius 3 is 2.36 bits per heavy atom. The van der Waals surface area contributed by atoms with Crippen LogP contribution < -0.4 is 14.8 Å². The van der Waals surface area contributed by atoms with E-state index in [2.05, 4.69) is 10.0 Å². The summed E-state index contributed by atoms with van der Waals surface area (Å²) in [6.07, 6.45) is -5.30. The topological polar surface area (TPSA) is 128 Å². The average molecular weight is 649 g/mol. The number of hydrogen-bond donors (Lipinski definition) is 3. The zero-order valence-corrected chi connectivity index (χ0v) is 25.9. The fourth-order valence-corrected chi connectivity index (χ4v) is 5.84. The Balaban J connectivity index is 1.64. The molecule has 3 amide bonds. The van der Waals surface area contributed by atoms with E-state index < -0.39 is 51.8 Å². The summed E-state index contributed by atoms with van der Waals surface area (Å²) in [5.74, 6) is -0.928. The molecule has 0 bridgehead atoms. The van der Waals surface area contributed by atoms with Gasteiger partial charge in [0.2, 0.25) is 0 Å². The zero-order chi connectivity index (χ0) is 33.1. The maximum atomic E-state index is 13.7. The maximum Gasteiger partial charge on any atom is 0.416 e. The first-order valence-electron chi connectivity index (χ1n) is 14.1. The molecule has 0 saturated carbocycles. The van der Waals surface area contributed by atoms with Crippen LogP contribution in [0, 0.1) is 12.8 Å². The molecule has 1 aliphatic heterocycles. The minimum Gasteiger partial charge on any atom is -0.485 e. The highest BCUT2D eigenvalue weighted by atomic mass is 32.2. The van der Waals surface area contributed by atoms with Crippen LogP contribution in [0.1, 0.15) is 35.3 Å². The van der Waals surface area contributed by atoms with Gasteiger partial charge in [0.1, 0.15) is 6.10 Å². The largest absolute Gasteiger partial charge is 0.485 e. The molecule has 1 heterocycles. The first-order valence-corrected chi connectivity index (χ1v) is 15.6. The van der Waals surface area contributed by atoms with Crippen LogP contribution in [-0.2, 0) is 16.2 Å². The summed E-state index contributed by atoms with van der Waals surface area (Å²) in [5, 5.41) is 12.5. The molecule has 4 rings (SSSR count). The second-order valence-corrected chi connectivity index (χ2v) is 12.8. The second kappa shape index (κ2) is 13.4. The van der Waals surface area contributed by atoms with Crippen molar-refractivity contribution in [2.75, 3.05) is 36.8 Å². The summed E-state index contributed by atoms with van der Waals surface area (Å²) in [5.41, 5.74) is 0.240. The number of aliphatic hydroxyl groups excluding tert-OH is 1.